The number of hydrogen-bond donors (Lipinski definition) is 1. The maximum atomic E-state index is 12.2. The van der Waals surface area contributed by atoms with Crippen molar-refractivity contribution >= 4 is 15.8 Å². The number of rotatable bonds is 4. The van der Waals surface area contributed by atoms with Crippen LogP contribution in [0.2, 0.25) is 0 Å². The highest BCUT2D eigenvalue weighted by atomic mass is 32.2. The Kier molecular flexibility index (Phi) is 3.30. The molecule has 0 bridgehead atoms. The molecule has 1 fully saturated rings. The quantitative estimate of drug-likeness (QED) is 0.853. The van der Waals surface area contributed by atoms with Crippen LogP contribution in [-0.4, -0.2) is 41.3 Å². The lowest BCUT2D eigenvalue weighted by Gasteiger charge is -2.22. The Labute approximate surface area is 100 Å². The molecule has 94 valence electrons. The van der Waals surface area contributed by atoms with E-state index in [1.807, 2.05) is 0 Å². The monoisotopic (exact) mass is 257 g/mol. The van der Waals surface area contributed by atoms with Gasteiger partial charge in [0.25, 0.3) is 10.0 Å². The fraction of sp³-hybridized carbons (Fsp3) is 0.600. The number of Topliss-reactive ketones (excluding diaryl/α,β-unsaturated/α-hetero) is 1. The van der Waals surface area contributed by atoms with Crippen molar-refractivity contribution in [1.29, 1.82) is 0 Å². The summed E-state index contributed by atoms with van der Waals surface area (Å²) in [4.78, 5) is 11.1. The van der Waals surface area contributed by atoms with E-state index in [1.165, 1.54) is 23.5 Å². The fourth-order valence-corrected chi connectivity index (χ4v) is 3.77. The SMILES string of the molecule is CC(=O)CC1CCCN1S(=O)(=O)c1ccn[nH]1. The zero-order valence-corrected chi connectivity index (χ0v) is 10.4. The molecule has 0 aromatic carbocycles. The van der Waals surface area contributed by atoms with Gasteiger partial charge in [0.1, 0.15) is 5.78 Å². The third-order valence-corrected chi connectivity index (χ3v) is 4.79. The summed E-state index contributed by atoms with van der Waals surface area (Å²) in [6.45, 7) is 1.96. The number of sulfonamides is 1. The van der Waals surface area contributed by atoms with Gasteiger partial charge >= 0.3 is 0 Å². The first-order valence-electron chi connectivity index (χ1n) is 5.52. The van der Waals surface area contributed by atoms with E-state index in [9.17, 15) is 13.2 Å². The summed E-state index contributed by atoms with van der Waals surface area (Å²) >= 11 is 0. The van der Waals surface area contributed by atoms with Gasteiger partial charge in [-0.2, -0.15) is 9.40 Å². The number of H-pyrrole nitrogens is 1. The molecule has 2 rings (SSSR count). The van der Waals surface area contributed by atoms with Crippen molar-refractivity contribution in [2.24, 2.45) is 0 Å². The zero-order chi connectivity index (χ0) is 12.5. The largest absolute Gasteiger partial charge is 0.300 e. The van der Waals surface area contributed by atoms with E-state index in [-0.39, 0.29) is 23.3 Å². The summed E-state index contributed by atoms with van der Waals surface area (Å²) in [5, 5.41) is 6.20. The zero-order valence-electron chi connectivity index (χ0n) is 9.59. The van der Waals surface area contributed by atoms with E-state index >= 15 is 0 Å². The Morgan fingerprint density at radius 1 is 1.65 bits per heavy atom. The van der Waals surface area contributed by atoms with Crippen molar-refractivity contribution in [3.05, 3.63) is 12.3 Å². The molecule has 1 N–H and O–H groups in total. The highest BCUT2D eigenvalue weighted by Gasteiger charge is 2.36. The lowest BCUT2D eigenvalue weighted by Crippen LogP contribution is -2.36. The summed E-state index contributed by atoms with van der Waals surface area (Å²) in [7, 11) is -3.53. The molecule has 0 spiro atoms. The molecular weight excluding hydrogens is 242 g/mol. The third kappa shape index (κ3) is 2.39. The van der Waals surface area contributed by atoms with E-state index in [1.54, 1.807) is 0 Å². The minimum absolute atomic E-state index is 0.0155. The van der Waals surface area contributed by atoms with Gasteiger partial charge < -0.3 is 0 Å². The summed E-state index contributed by atoms with van der Waals surface area (Å²) < 4.78 is 25.9. The second-order valence-electron chi connectivity index (χ2n) is 4.24. The first-order chi connectivity index (χ1) is 8.01. The topological polar surface area (TPSA) is 83.1 Å². The predicted octanol–water partition coefficient (Wildman–Crippen LogP) is 0.542. The maximum absolute atomic E-state index is 12.2. The van der Waals surface area contributed by atoms with Crippen LogP contribution in [-0.2, 0) is 14.8 Å². The van der Waals surface area contributed by atoms with Gasteiger partial charge in [-0.25, -0.2) is 8.42 Å². The first kappa shape index (κ1) is 12.3. The lowest BCUT2D eigenvalue weighted by molar-refractivity contribution is -0.117. The summed E-state index contributed by atoms with van der Waals surface area (Å²) in [5.74, 6) is 0.0155. The maximum Gasteiger partial charge on any atom is 0.260 e. The van der Waals surface area contributed by atoms with Gasteiger partial charge in [-0.15, -0.1) is 0 Å². The second kappa shape index (κ2) is 4.58. The van der Waals surface area contributed by atoms with Crippen LogP contribution in [0.5, 0.6) is 0 Å². The second-order valence-corrected chi connectivity index (χ2v) is 6.10. The Hall–Kier alpha value is -1.21. The van der Waals surface area contributed by atoms with Gasteiger partial charge in [-0.1, -0.05) is 0 Å². The molecule has 1 aliphatic heterocycles. The molecular formula is C10H15N3O3S. The molecule has 0 amide bonds. The van der Waals surface area contributed by atoms with Crippen LogP contribution in [0.15, 0.2) is 17.3 Å². The summed E-state index contributed by atoms with van der Waals surface area (Å²) in [5.41, 5.74) is 0. The smallest absolute Gasteiger partial charge is 0.260 e. The molecule has 1 aromatic rings. The Morgan fingerprint density at radius 2 is 2.41 bits per heavy atom. The summed E-state index contributed by atoms with van der Waals surface area (Å²) in [6.07, 6.45) is 3.23. The molecule has 1 aromatic heterocycles. The minimum atomic E-state index is -3.53. The minimum Gasteiger partial charge on any atom is -0.300 e. The van der Waals surface area contributed by atoms with Crippen LogP contribution in [0, 0.1) is 0 Å². The molecule has 1 aliphatic rings. The van der Waals surface area contributed by atoms with E-state index in [4.69, 9.17) is 0 Å². The summed E-state index contributed by atoms with van der Waals surface area (Å²) in [6, 6.07) is 1.22. The molecule has 0 aliphatic carbocycles. The number of carbonyl (C=O) groups is 1. The fourth-order valence-electron chi connectivity index (χ4n) is 2.17. The molecule has 2 heterocycles. The van der Waals surface area contributed by atoms with E-state index < -0.39 is 10.0 Å². The van der Waals surface area contributed by atoms with Crippen molar-refractivity contribution in [3.8, 4) is 0 Å². The van der Waals surface area contributed by atoms with Gasteiger partial charge in [0.2, 0.25) is 0 Å². The molecule has 17 heavy (non-hydrogen) atoms. The van der Waals surface area contributed by atoms with E-state index in [0.717, 1.165) is 12.8 Å². The number of ketones is 1. The number of nitrogens with zero attached hydrogens (tertiary/aromatic N) is 2. The number of nitrogens with one attached hydrogen (secondary N) is 1. The molecule has 7 heteroatoms. The van der Waals surface area contributed by atoms with Crippen molar-refractivity contribution in [1.82, 2.24) is 14.5 Å². The first-order valence-corrected chi connectivity index (χ1v) is 6.96. The molecule has 1 unspecified atom stereocenters. The molecule has 1 saturated heterocycles. The Morgan fingerprint density at radius 3 is 3.00 bits per heavy atom. The van der Waals surface area contributed by atoms with Crippen LogP contribution in [0.1, 0.15) is 26.2 Å². The molecule has 1 atom stereocenters. The molecule has 0 saturated carbocycles. The van der Waals surface area contributed by atoms with Crippen molar-refractivity contribution in [3.63, 3.8) is 0 Å². The standard InChI is InChI=1S/C10H15N3O3S/c1-8(14)7-9-3-2-6-13(9)17(15,16)10-4-5-11-12-10/h4-5,9H,2-3,6-7H2,1H3,(H,11,12). The van der Waals surface area contributed by atoms with Gasteiger partial charge in [-0.05, 0) is 25.8 Å². The molecule has 6 nitrogen and oxygen atoms in total. The average molecular weight is 257 g/mol. The van der Waals surface area contributed by atoms with E-state index in [2.05, 4.69) is 10.2 Å². The predicted molar refractivity (Wildman–Crippen MR) is 60.8 cm³/mol. The molecule has 0 radical (unpaired) electrons. The van der Waals surface area contributed by atoms with Crippen molar-refractivity contribution in [2.45, 2.75) is 37.3 Å². The van der Waals surface area contributed by atoms with Gasteiger partial charge in [0, 0.05) is 19.0 Å². The number of hydrogen-bond acceptors (Lipinski definition) is 4. The van der Waals surface area contributed by atoms with Gasteiger partial charge in [-0.3, -0.25) is 9.89 Å². The van der Waals surface area contributed by atoms with Crippen molar-refractivity contribution in [2.75, 3.05) is 6.54 Å². The lowest BCUT2D eigenvalue weighted by atomic mass is 10.1. The van der Waals surface area contributed by atoms with Gasteiger partial charge in [0.05, 0.1) is 6.20 Å². The van der Waals surface area contributed by atoms with E-state index in [0.29, 0.717) is 6.54 Å². The number of aromatic amines is 1. The highest BCUT2D eigenvalue weighted by Crippen LogP contribution is 2.26. The highest BCUT2D eigenvalue weighted by molar-refractivity contribution is 7.89. The van der Waals surface area contributed by atoms with Crippen molar-refractivity contribution < 1.29 is 13.2 Å². The van der Waals surface area contributed by atoms with Crippen LogP contribution in [0.25, 0.3) is 0 Å². The Bertz CT molecular complexity index is 495. The Balaban J connectivity index is 2.24. The number of carbonyl (C=O) groups excluding carboxylic acids is 1. The number of aromatic nitrogens is 2. The van der Waals surface area contributed by atoms with Crippen LogP contribution in [0.3, 0.4) is 0 Å². The normalized spacial score (nSPS) is 21.8. The third-order valence-electron chi connectivity index (χ3n) is 2.91. The van der Waals surface area contributed by atoms with Crippen LogP contribution in [0.4, 0.5) is 0 Å². The van der Waals surface area contributed by atoms with Crippen LogP contribution >= 0.6 is 0 Å². The average Bonchev–Trinajstić information content (AvgIpc) is 2.85. The van der Waals surface area contributed by atoms with Crippen LogP contribution < -0.4 is 0 Å². The van der Waals surface area contributed by atoms with Gasteiger partial charge in [0.15, 0.2) is 5.03 Å².